The molecule has 0 saturated carbocycles. The number of carboxylic acid groups (broad SMARTS) is 1. The highest BCUT2D eigenvalue weighted by atomic mass is 32.2. The van der Waals surface area contributed by atoms with E-state index in [4.69, 9.17) is 5.73 Å². The highest BCUT2D eigenvalue weighted by Gasteiger charge is 2.19. The Kier molecular flexibility index (Phi) is 5.41. The van der Waals surface area contributed by atoms with Gasteiger partial charge < -0.3 is 15.7 Å². The summed E-state index contributed by atoms with van der Waals surface area (Å²) in [4.78, 5) is 22.8. The number of rotatable bonds is 5. The molecule has 0 saturated heterocycles. The Balaban J connectivity index is 2.19. The zero-order chi connectivity index (χ0) is 20.4. The number of aromatic carboxylic acids is 1. The first-order valence-corrected chi connectivity index (χ1v) is 9.96. The maximum absolute atomic E-state index is 11.6. The van der Waals surface area contributed by atoms with Gasteiger partial charge in [0.05, 0.1) is 11.4 Å². The molecule has 2 aromatic carbocycles. The van der Waals surface area contributed by atoms with Crippen molar-refractivity contribution in [2.24, 2.45) is 0 Å². The topological polar surface area (TPSA) is 109 Å². The molecule has 0 aliphatic heterocycles. The molecular formula is C20H20N4O3S. The summed E-state index contributed by atoms with van der Waals surface area (Å²) < 4.78 is 11.6. The fraction of sp³-hybridized carbons (Fsp3) is 0.150. The van der Waals surface area contributed by atoms with E-state index in [1.54, 1.807) is 30.5 Å². The van der Waals surface area contributed by atoms with E-state index in [2.05, 4.69) is 9.97 Å². The molecule has 0 radical (unpaired) electrons. The van der Waals surface area contributed by atoms with Crippen LogP contribution in [0.1, 0.15) is 10.5 Å². The van der Waals surface area contributed by atoms with Crippen LogP contribution in [0.4, 0.5) is 11.5 Å². The van der Waals surface area contributed by atoms with Crippen LogP contribution in [0.5, 0.6) is 0 Å². The van der Waals surface area contributed by atoms with Gasteiger partial charge in [-0.1, -0.05) is 24.3 Å². The normalized spacial score (nSPS) is 11.8. The Morgan fingerprint density at radius 2 is 1.46 bits per heavy atom. The van der Waals surface area contributed by atoms with Gasteiger partial charge in [-0.15, -0.1) is 0 Å². The molecule has 3 aromatic rings. The molecule has 0 spiro atoms. The SMILES string of the molecule is CN(C)c1ccc(-c2nc(C(=O)O)c(N)nc2-c2ccc(S(C)=O)cc2)cc1. The van der Waals surface area contributed by atoms with Crippen LogP contribution in [-0.2, 0) is 10.8 Å². The van der Waals surface area contributed by atoms with Crippen LogP contribution < -0.4 is 10.6 Å². The third-order valence-corrected chi connectivity index (χ3v) is 5.18. The smallest absolute Gasteiger partial charge is 0.358 e. The molecule has 8 heteroatoms. The number of benzene rings is 2. The number of nitrogens with two attached hydrogens (primary N) is 1. The Labute approximate surface area is 165 Å². The molecular weight excluding hydrogens is 376 g/mol. The van der Waals surface area contributed by atoms with Gasteiger partial charge in [0.15, 0.2) is 11.5 Å². The molecule has 0 aliphatic carbocycles. The van der Waals surface area contributed by atoms with Gasteiger partial charge in [0.1, 0.15) is 0 Å². The maximum Gasteiger partial charge on any atom is 0.358 e. The molecule has 1 atom stereocenters. The standard InChI is InChI=1S/C20H20N4O3S/c1-24(2)14-8-4-12(5-9-14)16-17(23-19(21)18(22-16)20(25)26)13-6-10-15(11-7-13)28(3)27/h4-11H,1-3H3,(H2,21,23)(H,25,26). The number of anilines is 2. The Hall–Kier alpha value is -3.26. The quantitative estimate of drug-likeness (QED) is 0.682. The summed E-state index contributed by atoms with van der Waals surface area (Å²) in [5.41, 5.74) is 8.86. The Bertz CT molecular complexity index is 1050. The van der Waals surface area contributed by atoms with E-state index in [9.17, 15) is 14.1 Å². The number of aromatic nitrogens is 2. The van der Waals surface area contributed by atoms with Gasteiger partial charge in [0.25, 0.3) is 0 Å². The summed E-state index contributed by atoms with van der Waals surface area (Å²) in [6, 6.07) is 14.6. The Morgan fingerprint density at radius 3 is 1.93 bits per heavy atom. The van der Waals surface area contributed by atoms with E-state index in [-0.39, 0.29) is 11.5 Å². The minimum absolute atomic E-state index is 0.153. The van der Waals surface area contributed by atoms with Gasteiger partial charge in [0.2, 0.25) is 0 Å². The largest absolute Gasteiger partial charge is 0.476 e. The molecule has 1 heterocycles. The predicted octanol–water partition coefficient (Wildman–Crippen LogP) is 2.89. The molecule has 0 bridgehead atoms. The van der Waals surface area contributed by atoms with E-state index in [0.717, 1.165) is 11.3 Å². The Morgan fingerprint density at radius 1 is 0.964 bits per heavy atom. The molecule has 28 heavy (non-hydrogen) atoms. The summed E-state index contributed by atoms with van der Waals surface area (Å²) in [5.74, 6) is -1.39. The average molecular weight is 396 g/mol. The van der Waals surface area contributed by atoms with Crippen LogP contribution in [-0.4, -0.2) is 45.6 Å². The molecule has 0 fully saturated rings. The molecule has 3 N–H and O–H groups in total. The minimum Gasteiger partial charge on any atom is -0.476 e. The fourth-order valence-electron chi connectivity index (χ4n) is 2.73. The third-order valence-electron chi connectivity index (χ3n) is 4.24. The van der Waals surface area contributed by atoms with Crippen LogP contribution >= 0.6 is 0 Å². The van der Waals surface area contributed by atoms with Crippen molar-refractivity contribution in [3.8, 4) is 22.5 Å². The van der Waals surface area contributed by atoms with Crippen LogP contribution in [0.25, 0.3) is 22.5 Å². The molecule has 0 aliphatic rings. The number of carbonyl (C=O) groups is 1. The van der Waals surface area contributed by atoms with Crippen molar-refractivity contribution in [1.82, 2.24) is 9.97 Å². The zero-order valence-corrected chi connectivity index (χ0v) is 16.5. The van der Waals surface area contributed by atoms with Crippen molar-refractivity contribution in [2.75, 3.05) is 31.0 Å². The third kappa shape index (κ3) is 3.86. The van der Waals surface area contributed by atoms with Crippen LogP contribution in [0, 0.1) is 0 Å². The van der Waals surface area contributed by atoms with Gasteiger partial charge in [-0.3, -0.25) is 4.21 Å². The van der Waals surface area contributed by atoms with Gasteiger partial charge in [0, 0.05) is 52.9 Å². The monoisotopic (exact) mass is 396 g/mol. The molecule has 1 aromatic heterocycles. The first-order valence-electron chi connectivity index (χ1n) is 8.40. The zero-order valence-electron chi connectivity index (χ0n) is 15.7. The lowest BCUT2D eigenvalue weighted by molar-refractivity contribution is 0.0691. The lowest BCUT2D eigenvalue weighted by atomic mass is 10.0. The second-order valence-corrected chi connectivity index (χ2v) is 7.76. The van der Waals surface area contributed by atoms with Crippen molar-refractivity contribution >= 4 is 28.3 Å². The summed E-state index contributed by atoms with van der Waals surface area (Å²) >= 11 is 0. The molecule has 144 valence electrons. The first-order chi connectivity index (χ1) is 13.3. The van der Waals surface area contributed by atoms with Crippen LogP contribution in [0.3, 0.4) is 0 Å². The van der Waals surface area contributed by atoms with E-state index in [0.29, 0.717) is 21.8 Å². The van der Waals surface area contributed by atoms with Crippen molar-refractivity contribution in [3.63, 3.8) is 0 Å². The summed E-state index contributed by atoms with van der Waals surface area (Å²) in [7, 11) is 2.77. The summed E-state index contributed by atoms with van der Waals surface area (Å²) in [6.45, 7) is 0. The summed E-state index contributed by atoms with van der Waals surface area (Å²) in [6.07, 6.45) is 1.60. The van der Waals surface area contributed by atoms with E-state index in [1.807, 2.05) is 43.3 Å². The van der Waals surface area contributed by atoms with Crippen LogP contribution in [0.2, 0.25) is 0 Å². The second-order valence-electron chi connectivity index (χ2n) is 6.38. The fourth-order valence-corrected chi connectivity index (χ4v) is 3.25. The molecule has 3 rings (SSSR count). The average Bonchev–Trinajstić information content (AvgIpc) is 2.67. The highest BCUT2D eigenvalue weighted by molar-refractivity contribution is 7.84. The number of hydrogen-bond donors (Lipinski definition) is 2. The summed E-state index contributed by atoms with van der Waals surface area (Å²) in [5, 5.41) is 9.39. The van der Waals surface area contributed by atoms with E-state index in [1.165, 1.54) is 0 Å². The lowest BCUT2D eigenvalue weighted by Crippen LogP contribution is -2.11. The van der Waals surface area contributed by atoms with E-state index >= 15 is 0 Å². The van der Waals surface area contributed by atoms with Crippen molar-refractivity contribution in [3.05, 3.63) is 54.2 Å². The molecule has 7 nitrogen and oxygen atoms in total. The van der Waals surface area contributed by atoms with E-state index < -0.39 is 16.8 Å². The number of nitrogen functional groups attached to an aromatic ring is 1. The first kappa shape index (κ1) is 19.5. The minimum atomic E-state index is -1.24. The van der Waals surface area contributed by atoms with Crippen molar-refractivity contribution in [1.29, 1.82) is 0 Å². The van der Waals surface area contributed by atoms with Crippen molar-refractivity contribution in [2.45, 2.75) is 4.90 Å². The van der Waals surface area contributed by atoms with Crippen LogP contribution in [0.15, 0.2) is 53.4 Å². The lowest BCUT2D eigenvalue weighted by Gasteiger charge is -2.14. The maximum atomic E-state index is 11.6. The van der Waals surface area contributed by atoms with Gasteiger partial charge in [-0.05, 0) is 24.3 Å². The molecule has 1 unspecified atom stereocenters. The number of hydrogen-bond acceptors (Lipinski definition) is 6. The number of nitrogens with zero attached hydrogens (tertiary/aromatic N) is 3. The highest BCUT2D eigenvalue weighted by Crippen LogP contribution is 2.32. The molecule has 0 amide bonds. The van der Waals surface area contributed by atoms with Crippen molar-refractivity contribution < 1.29 is 14.1 Å². The predicted molar refractivity (Wildman–Crippen MR) is 111 cm³/mol. The van der Waals surface area contributed by atoms with Gasteiger partial charge in [-0.2, -0.15) is 0 Å². The van der Waals surface area contributed by atoms with Gasteiger partial charge in [-0.25, -0.2) is 14.8 Å². The van der Waals surface area contributed by atoms with Gasteiger partial charge >= 0.3 is 5.97 Å². The number of carboxylic acids is 1. The second kappa shape index (κ2) is 7.77.